The average molecular weight is 223 g/mol. The van der Waals surface area contributed by atoms with Crippen LogP contribution in [0.4, 0.5) is 5.69 Å². The Hall–Kier alpha value is -0.990. The van der Waals surface area contributed by atoms with E-state index in [-0.39, 0.29) is 0 Å². The first kappa shape index (κ1) is 13.1. The van der Waals surface area contributed by atoms with Crippen LogP contribution in [0.25, 0.3) is 0 Å². The molecule has 0 aliphatic carbocycles. The Labute approximate surface area is 99.2 Å². The lowest BCUT2D eigenvalue weighted by atomic mass is 10.0. The minimum absolute atomic E-state index is 0.506. The molecule has 0 amide bonds. The molecule has 0 saturated heterocycles. The Balaban J connectivity index is 2.76. The van der Waals surface area contributed by atoms with Gasteiger partial charge in [0.05, 0.1) is 17.1 Å². The van der Waals surface area contributed by atoms with Crippen LogP contribution in [0.5, 0.6) is 0 Å². The van der Waals surface area contributed by atoms with Crippen molar-refractivity contribution in [3.63, 3.8) is 0 Å². The quantitative estimate of drug-likeness (QED) is 0.829. The van der Waals surface area contributed by atoms with Gasteiger partial charge in [-0.05, 0) is 40.0 Å². The Morgan fingerprint density at radius 2 is 1.88 bits per heavy atom. The van der Waals surface area contributed by atoms with E-state index in [0.717, 1.165) is 18.2 Å². The molecular formula is C13H25N3. The van der Waals surface area contributed by atoms with E-state index < -0.39 is 0 Å². The van der Waals surface area contributed by atoms with Crippen molar-refractivity contribution < 1.29 is 0 Å². The SMILES string of the molecule is CCn1nc(C)c(NC(C)CC(C)C)c1C. The van der Waals surface area contributed by atoms with Gasteiger partial charge in [0.25, 0.3) is 0 Å². The normalized spacial score (nSPS) is 13.2. The van der Waals surface area contributed by atoms with Gasteiger partial charge in [-0.1, -0.05) is 13.8 Å². The predicted octanol–water partition coefficient (Wildman–Crippen LogP) is 3.37. The summed E-state index contributed by atoms with van der Waals surface area (Å²) in [6.45, 7) is 14.0. The molecule has 0 radical (unpaired) electrons. The first-order valence-corrected chi connectivity index (χ1v) is 6.26. The van der Waals surface area contributed by atoms with E-state index in [1.807, 2.05) is 0 Å². The number of aromatic nitrogens is 2. The van der Waals surface area contributed by atoms with Crippen molar-refractivity contribution >= 4 is 5.69 Å². The third-order valence-corrected chi connectivity index (χ3v) is 2.90. The van der Waals surface area contributed by atoms with E-state index >= 15 is 0 Å². The van der Waals surface area contributed by atoms with Crippen molar-refractivity contribution in [1.29, 1.82) is 0 Å². The number of nitrogens with one attached hydrogen (secondary N) is 1. The van der Waals surface area contributed by atoms with Gasteiger partial charge >= 0.3 is 0 Å². The molecule has 0 spiro atoms. The zero-order valence-electron chi connectivity index (χ0n) is 11.5. The number of hydrogen-bond donors (Lipinski definition) is 1. The second-order valence-electron chi connectivity index (χ2n) is 5.04. The fourth-order valence-corrected chi connectivity index (χ4v) is 2.23. The van der Waals surface area contributed by atoms with Crippen molar-refractivity contribution in [1.82, 2.24) is 9.78 Å². The monoisotopic (exact) mass is 223 g/mol. The Morgan fingerprint density at radius 3 is 2.31 bits per heavy atom. The molecule has 1 heterocycles. The molecular weight excluding hydrogens is 198 g/mol. The van der Waals surface area contributed by atoms with E-state index in [1.165, 1.54) is 17.8 Å². The molecule has 1 unspecified atom stereocenters. The molecule has 1 atom stereocenters. The van der Waals surface area contributed by atoms with Gasteiger partial charge in [0.1, 0.15) is 0 Å². The van der Waals surface area contributed by atoms with Crippen LogP contribution in [-0.2, 0) is 6.54 Å². The molecule has 3 heteroatoms. The molecule has 1 rings (SSSR count). The molecule has 0 saturated carbocycles. The van der Waals surface area contributed by atoms with Crippen LogP contribution in [0.2, 0.25) is 0 Å². The first-order valence-electron chi connectivity index (χ1n) is 6.26. The molecule has 0 aromatic carbocycles. The molecule has 0 aliphatic rings. The third kappa shape index (κ3) is 3.00. The number of nitrogens with zero attached hydrogens (tertiary/aromatic N) is 2. The van der Waals surface area contributed by atoms with Crippen LogP contribution < -0.4 is 5.32 Å². The summed E-state index contributed by atoms with van der Waals surface area (Å²) in [5.74, 6) is 0.726. The van der Waals surface area contributed by atoms with Crippen LogP contribution in [0.1, 0.15) is 45.5 Å². The van der Waals surface area contributed by atoms with Crippen molar-refractivity contribution in [2.24, 2.45) is 5.92 Å². The van der Waals surface area contributed by atoms with Gasteiger partial charge in [-0.15, -0.1) is 0 Å². The van der Waals surface area contributed by atoms with Gasteiger partial charge < -0.3 is 5.32 Å². The average Bonchev–Trinajstić information content (AvgIpc) is 2.44. The van der Waals surface area contributed by atoms with Gasteiger partial charge in [0, 0.05) is 12.6 Å². The largest absolute Gasteiger partial charge is 0.380 e. The van der Waals surface area contributed by atoms with Crippen LogP contribution in [0.15, 0.2) is 0 Å². The van der Waals surface area contributed by atoms with Crippen LogP contribution in [-0.4, -0.2) is 15.8 Å². The summed E-state index contributed by atoms with van der Waals surface area (Å²) < 4.78 is 2.06. The second kappa shape index (κ2) is 5.37. The minimum Gasteiger partial charge on any atom is -0.380 e. The smallest absolute Gasteiger partial charge is 0.0828 e. The Morgan fingerprint density at radius 1 is 1.25 bits per heavy atom. The van der Waals surface area contributed by atoms with Crippen LogP contribution >= 0.6 is 0 Å². The molecule has 1 N–H and O–H groups in total. The second-order valence-corrected chi connectivity index (χ2v) is 5.04. The summed E-state index contributed by atoms with van der Waals surface area (Å²) in [5, 5.41) is 8.10. The highest BCUT2D eigenvalue weighted by atomic mass is 15.3. The zero-order valence-corrected chi connectivity index (χ0v) is 11.5. The number of rotatable bonds is 5. The van der Waals surface area contributed by atoms with E-state index in [0.29, 0.717) is 6.04 Å². The fourth-order valence-electron chi connectivity index (χ4n) is 2.23. The number of hydrogen-bond acceptors (Lipinski definition) is 2. The lowest BCUT2D eigenvalue weighted by Crippen LogP contribution is -2.18. The molecule has 0 bridgehead atoms. The van der Waals surface area contributed by atoms with E-state index in [9.17, 15) is 0 Å². The Kier molecular flexibility index (Phi) is 4.39. The first-order chi connectivity index (χ1) is 7.45. The molecule has 0 fully saturated rings. The maximum atomic E-state index is 4.52. The standard InChI is InChI=1S/C13H25N3/c1-7-16-12(6)13(11(5)15-16)14-10(4)8-9(2)3/h9-10,14H,7-8H2,1-6H3. The van der Waals surface area contributed by atoms with E-state index in [1.54, 1.807) is 0 Å². The highest BCUT2D eigenvalue weighted by Gasteiger charge is 2.13. The van der Waals surface area contributed by atoms with Gasteiger partial charge in [-0.2, -0.15) is 5.10 Å². The molecule has 3 nitrogen and oxygen atoms in total. The lowest BCUT2D eigenvalue weighted by Gasteiger charge is -2.17. The summed E-state index contributed by atoms with van der Waals surface area (Å²) in [4.78, 5) is 0. The predicted molar refractivity (Wildman–Crippen MR) is 69.9 cm³/mol. The van der Waals surface area contributed by atoms with Crippen molar-refractivity contribution in [3.05, 3.63) is 11.4 Å². The molecule has 1 aromatic heterocycles. The summed E-state index contributed by atoms with van der Waals surface area (Å²) in [6, 6.07) is 0.506. The van der Waals surface area contributed by atoms with Gasteiger partial charge in [-0.25, -0.2) is 0 Å². The molecule has 92 valence electrons. The number of aryl methyl sites for hydroxylation is 2. The topological polar surface area (TPSA) is 29.9 Å². The zero-order chi connectivity index (χ0) is 12.3. The molecule has 1 aromatic rings. The summed E-state index contributed by atoms with van der Waals surface area (Å²) in [5.41, 5.74) is 3.57. The number of anilines is 1. The third-order valence-electron chi connectivity index (χ3n) is 2.90. The van der Waals surface area contributed by atoms with E-state index in [4.69, 9.17) is 0 Å². The maximum Gasteiger partial charge on any atom is 0.0828 e. The lowest BCUT2D eigenvalue weighted by molar-refractivity contribution is 0.539. The van der Waals surface area contributed by atoms with Gasteiger partial charge in [0.2, 0.25) is 0 Å². The van der Waals surface area contributed by atoms with Crippen LogP contribution in [0, 0.1) is 19.8 Å². The van der Waals surface area contributed by atoms with Gasteiger partial charge in [0.15, 0.2) is 0 Å². The van der Waals surface area contributed by atoms with E-state index in [2.05, 4.69) is 56.6 Å². The van der Waals surface area contributed by atoms with Crippen LogP contribution in [0.3, 0.4) is 0 Å². The Bertz CT molecular complexity index is 339. The van der Waals surface area contributed by atoms with Crippen molar-refractivity contribution in [2.75, 3.05) is 5.32 Å². The minimum atomic E-state index is 0.506. The van der Waals surface area contributed by atoms with Gasteiger partial charge in [-0.3, -0.25) is 4.68 Å². The van der Waals surface area contributed by atoms with Crippen molar-refractivity contribution in [2.45, 2.75) is 60.5 Å². The molecule has 0 aliphatic heterocycles. The van der Waals surface area contributed by atoms with Crippen molar-refractivity contribution in [3.8, 4) is 0 Å². The highest BCUT2D eigenvalue weighted by Crippen LogP contribution is 2.21. The highest BCUT2D eigenvalue weighted by molar-refractivity contribution is 5.52. The summed E-state index contributed by atoms with van der Waals surface area (Å²) in [6.07, 6.45) is 1.19. The summed E-state index contributed by atoms with van der Waals surface area (Å²) in [7, 11) is 0. The molecule has 16 heavy (non-hydrogen) atoms. The maximum absolute atomic E-state index is 4.52. The summed E-state index contributed by atoms with van der Waals surface area (Å²) >= 11 is 0. The fraction of sp³-hybridized carbons (Fsp3) is 0.769.